The molecule has 11 heteroatoms. The summed E-state index contributed by atoms with van der Waals surface area (Å²) in [6.07, 6.45) is 3.09. The molecule has 34 heavy (non-hydrogen) atoms. The fourth-order valence-electron chi connectivity index (χ4n) is 3.64. The summed E-state index contributed by atoms with van der Waals surface area (Å²) >= 11 is 0. The number of nitrogens with zero attached hydrogens (tertiary/aromatic N) is 4. The SMILES string of the molecule is COC(=O)c1cc(C(=O)O)nc2ncnn12.Cc1c(C(=O)OC(C)(C)C)ccc2c1CC[C@@H]2N. The summed E-state index contributed by atoms with van der Waals surface area (Å²) in [6, 6.07) is 5.01. The summed E-state index contributed by atoms with van der Waals surface area (Å²) in [7, 11) is 1.19. The minimum absolute atomic E-state index is 0.0281. The second-order valence-corrected chi connectivity index (χ2v) is 8.75. The molecule has 0 bridgehead atoms. The van der Waals surface area contributed by atoms with E-state index in [-0.39, 0.29) is 29.2 Å². The molecule has 0 saturated heterocycles. The average molecular weight is 469 g/mol. The Hall–Kier alpha value is -3.86. The molecule has 1 aliphatic rings. The smallest absolute Gasteiger partial charge is 0.356 e. The molecule has 1 aromatic carbocycles. The Morgan fingerprint density at radius 3 is 2.53 bits per heavy atom. The molecule has 0 saturated carbocycles. The molecule has 3 N–H and O–H groups in total. The van der Waals surface area contributed by atoms with Gasteiger partial charge in [0.1, 0.15) is 11.9 Å². The van der Waals surface area contributed by atoms with Crippen molar-refractivity contribution in [1.29, 1.82) is 0 Å². The zero-order valence-electron chi connectivity index (χ0n) is 19.7. The van der Waals surface area contributed by atoms with Crippen molar-refractivity contribution in [3.63, 3.8) is 0 Å². The highest BCUT2D eigenvalue weighted by molar-refractivity contribution is 5.93. The van der Waals surface area contributed by atoms with Gasteiger partial charge in [-0.25, -0.2) is 19.4 Å². The van der Waals surface area contributed by atoms with Crippen molar-refractivity contribution < 1.29 is 29.0 Å². The van der Waals surface area contributed by atoms with E-state index in [1.54, 1.807) is 0 Å². The number of methoxy groups -OCH3 is 1. The molecule has 0 aliphatic heterocycles. The normalized spacial score (nSPS) is 14.7. The summed E-state index contributed by atoms with van der Waals surface area (Å²) in [5.41, 5.74) is 9.33. The van der Waals surface area contributed by atoms with Gasteiger partial charge in [0.05, 0.1) is 12.7 Å². The van der Waals surface area contributed by atoms with E-state index in [0.29, 0.717) is 5.56 Å². The molecule has 0 amide bonds. The zero-order valence-corrected chi connectivity index (χ0v) is 19.7. The predicted molar refractivity (Wildman–Crippen MR) is 121 cm³/mol. The number of rotatable bonds is 3. The summed E-state index contributed by atoms with van der Waals surface area (Å²) < 4.78 is 11.0. The molecule has 1 atom stereocenters. The Morgan fingerprint density at radius 2 is 1.91 bits per heavy atom. The number of aromatic nitrogens is 4. The lowest BCUT2D eigenvalue weighted by atomic mass is 9.98. The van der Waals surface area contributed by atoms with Gasteiger partial charge in [0.2, 0.25) is 0 Å². The van der Waals surface area contributed by atoms with Gasteiger partial charge < -0.3 is 20.3 Å². The average Bonchev–Trinajstić information content (AvgIpc) is 3.39. The summed E-state index contributed by atoms with van der Waals surface area (Å²) in [5.74, 6) is -2.18. The van der Waals surface area contributed by atoms with Gasteiger partial charge in [0.15, 0.2) is 11.4 Å². The van der Waals surface area contributed by atoms with E-state index in [0.717, 1.165) is 29.0 Å². The number of hydrogen-bond donors (Lipinski definition) is 2. The van der Waals surface area contributed by atoms with Gasteiger partial charge in [-0.05, 0) is 63.3 Å². The summed E-state index contributed by atoms with van der Waals surface area (Å²) in [5, 5.41) is 12.5. The van der Waals surface area contributed by atoms with Crippen molar-refractivity contribution in [2.45, 2.75) is 52.2 Å². The van der Waals surface area contributed by atoms with Crippen LogP contribution in [0.4, 0.5) is 0 Å². The maximum Gasteiger partial charge on any atom is 0.356 e. The van der Waals surface area contributed by atoms with Crippen molar-refractivity contribution in [1.82, 2.24) is 19.6 Å². The Labute approximate surface area is 195 Å². The number of carboxylic acid groups (broad SMARTS) is 1. The van der Waals surface area contributed by atoms with Crippen LogP contribution in [0.2, 0.25) is 0 Å². The fourth-order valence-corrected chi connectivity index (χ4v) is 3.64. The first kappa shape index (κ1) is 24.8. The van der Waals surface area contributed by atoms with E-state index < -0.39 is 17.5 Å². The van der Waals surface area contributed by atoms with Crippen LogP contribution in [-0.4, -0.2) is 55.3 Å². The largest absolute Gasteiger partial charge is 0.477 e. The van der Waals surface area contributed by atoms with E-state index in [4.69, 9.17) is 15.6 Å². The number of carbonyl (C=O) groups is 3. The molecule has 0 fully saturated rings. The number of esters is 2. The third-order valence-corrected chi connectivity index (χ3v) is 5.22. The number of fused-ring (bicyclic) bond motifs is 2. The van der Waals surface area contributed by atoms with Crippen LogP contribution < -0.4 is 5.73 Å². The lowest BCUT2D eigenvalue weighted by Gasteiger charge is -2.21. The maximum atomic E-state index is 12.1. The second-order valence-electron chi connectivity index (χ2n) is 8.75. The van der Waals surface area contributed by atoms with Crippen molar-refractivity contribution in [2.75, 3.05) is 7.11 Å². The molecule has 2 heterocycles. The lowest BCUT2D eigenvalue weighted by molar-refractivity contribution is 0.00682. The molecule has 2 aromatic heterocycles. The molecule has 1 aliphatic carbocycles. The molecule has 0 unspecified atom stereocenters. The first-order valence-corrected chi connectivity index (χ1v) is 10.6. The third kappa shape index (κ3) is 5.20. The number of hydrogen-bond acceptors (Lipinski definition) is 9. The number of aromatic carboxylic acids is 1. The van der Waals surface area contributed by atoms with Crippen LogP contribution in [-0.2, 0) is 15.9 Å². The van der Waals surface area contributed by atoms with Gasteiger partial charge in [-0.3, -0.25) is 0 Å². The van der Waals surface area contributed by atoms with Gasteiger partial charge in [-0.15, -0.1) is 0 Å². The second kappa shape index (κ2) is 9.56. The van der Waals surface area contributed by atoms with Crippen LogP contribution in [0.3, 0.4) is 0 Å². The van der Waals surface area contributed by atoms with Gasteiger partial charge >= 0.3 is 17.9 Å². The lowest BCUT2D eigenvalue weighted by Crippen LogP contribution is -2.24. The van der Waals surface area contributed by atoms with Gasteiger partial charge in [0, 0.05) is 12.1 Å². The molecule has 0 spiro atoms. The van der Waals surface area contributed by atoms with Crippen molar-refractivity contribution in [2.24, 2.45) is 5.73 Å². The highest BCUT2D eigenvalue weighted by atomic mass is 16.6. The number of ether oxygens (including phenoxy) is 2. The standard InChI is InChI=1S/C15H21NO2.C8H6N4O4/c1-9-10-7-8-13(16)12(10)6-5-11(9)14(17)18-15(2,3)4;1-16-7(15)5-2-4(6(13)14)11-8-9-3-10-12(5)8/h5-6,13H,7-8,16H2,1-4H3;2-3H,1H3,(H,13,14)/t13-;/m0./s1. The van der Waals surface area contributed by atoms with Crippen molar-refractivity contribution in [3.8, 4) is 0 Å². The highest BCUT2D eigenvalue weighted by Crippen LogP contribution is 2.33. The molecule has 180 valence electrons. The van der Waals surface area contributed by atoms with Crippen LogP contribution in [0.5, 0.6) is 0 Å². The topological polar surface area (TPSA) is 159 Å². The van der Waals surface area contributed by atoms with E-state index in [1.165, 1.54) is 24.6 Å². The van der Waals surface area contributed by atoms with Crippen molar-refractivity contribution >= 4 is 23.7 Å². The third-order valence-electron chi connectivity index (χ3n) is 5.22. The van der Waals surface area contributed by atoms with Crippen LogP contribution in [0, 0.1) is 6.92 Å². The summed E-state index contributed by atoms with van der Waals surface area (Å²) in [6.45, 7) is 7.62. The Morgan fingerprint density at radius 1 is 1.21 bits per heavy atom. The predicted octanol–water partition coefficient (Wildman–Crippen LogP) is 2.51. The van der Waals surface area contributed by atoms with Gasteiger partial charge in [0.25, 0.3) is 5.78 Å². The maximum absolute atomic E-state index is 12.1. The Kier molecular flexibility index (Phi) is 6.96. The van der Waals surface area contributed by atoms with Crippen LogP contribution in [0.15, 0.2) is 24.5 Å². The van der Waals surface area contributed by atoms with E-state index in [2.05, 4.69) is 19.8 Å². The molecular formula is C23H27N5O6. The molecule has 11 nitrogen and oxygen atoms in total. The number of carboxylic acids is 1. The Balaban J connectivity index is 0.000000192. The summed E-state index contributed by atoms with van der Waals surface area (Å²) in [4.78, 5) is 41.6. The first-order chi connectivity index (χ1) is 15.9. The monoisotopic (exact) mass is 469 g/mol. The minimum Gasteiger partial charge on any atom is -0.477 e. The number of carbonyl (C=O) groups excluding carboxylic acids is 2. The van der Waals surface area contributed by atoms with Crippen LogP contribution >= 0.6 is 0 Å². The van der Waals surface area contributed by atoms with E-state index in [1.807, 2.05) is 39.8 Å². The van der Waals surface area contributed by atoms with Crippen LogP contribution in [0.1, 0.15) is 81.3 Å². The fraction of sp³-hybridized carbons (Fsp3) is 0.391. The molecule has 3 aromatic rings. The minimum atomic E-state index is -1.25. The zero-order chi connectivity index (χ0) is 25.2. The highest BCUT2D eigenvalue weighted by Gasteiger charge is 2.26. The molecular weight excluding hydrogens is 442 g/mol. The van der Waals surface area contributed by atoms with Crippen LogP contribution in [0.25, 0.3) is 5.78 Å². The molecule has 0 radical (unpaired) electrons. The number of benzene rings is 1. The van der Waals surface area contributed by atoms with Crippen molar-refractivity contribution in [3.05, 3.63) is 58.2 Å². The quantitative estimate of drug-likeness (QED) is 0.546. The Bertz CT molecular complexity index is 1260. The van der Waals surface area contributed by atoms with E-state index >= 15 is 0 Å². The first-order valence-electron chi connectivity index (χ1n) is 10.6. The van der Waals surface area contributed by atoms with Gasteiger partial charge in [-0.2, -0.15) is 14.6 Å². The van der Waals surface area contributed by atoms with Gasteiger partial charge in [-0.1, -0.05) is 6.07 Å². The number of nitrogens with two attached hydrogens (primary N) is 1. The molecule has 4 rings (SSSR count). The van der Waals surface area contributed by atoms with E-state index in [9.17, 15) is 14.4 Å².